The number of carboxylic acids is 1. The van der Waals surface area contributed by atoms with Crippen molar-refractivity contribution in [3.8, 4) is 0 Å². The van der Waals surface area contributed by atoms with Crippen LogP contribution in [0.3, 0.4) is 0 Å². The molecule has 0 bridgehead atoms. The van der Waals surface area contributed by atoms with E-state index in [4.69, 9.17) is 14.2 Å². The molecule has 2 atom stereocenters. The largest absolute Gasteiger partial charge is 0.544 e. The number of nitrogens with zero attached hydrogens (tertiary/aromatic N) is 1. The Morgan fingerprint density at radius 2 is 1.25 bits per heavy atom. The van der Waals surface area contributed by atoms with Crippen molar-refractivity contribution < 1.29 is 38.2 Å². The Hall–Kier alpha value is -3.49. The van der Waals surface area contributed by atoms with Crippen LogP contribution >= 0.6 is 0 Å². The summed E-state index contributed by atoms with van der Waals surface area (Å²) in [7, 11) is 5.34. The van der Waals surface area contributed by atoms with Gasteiger partial charge >= 0.3 is 11.9 Å². The molecule has 8 nitrogen and oxygen atoms in total. The fourth-order valence-corrected chi connectivity index (χ4v) is 4.43. The van der Waals surface area contributed by atoms with Crippen LogP contribution in [0.1, 0.15) is 97.3 Å². The molecule has 270 valence electrons. The van der Waals surface area contributed by atoms with Gasteiger partial charge in [-0.05, 0) is 44.9 Å². The Morgan fingerprint density at radius 3 is 1.90 bits per heavy atom. The molecule has 0 aromatic carbocycles. The Morgan fingerprint density at radius 1 is 0.667 bits per heavy atom. The summed E-state index contributed by atoms with van der Waals surface area (Å²) in [4.78, 5) is 36.4. The van der Waals surface area contributed by atoms with Crippen molar-refractivity contribution in [2.75, 3.05) is 41.0 Å². The first-order valence-electron chi connectivity index (χ1n) is 17.7. The van der Waals surface area contributed by atoms with Crippen molar-refractivity contribution in [2.45, 2.75) is 109 Å². The van der Waals surface area contributed by atoms with Gasteiger partial charge < -0.3 is 28.6 Å². The van der Waals surface area contributed by atoms with Crippen LogP contribution in [0.15, 0.2) is 85.1 Å². The number of aliphatic carboxylic acids is 1. The highest BCUT2D eigenvalue weighted by atomic mass is 16.6. The molecule has 0 heterocycles. The van der Waals surface area contributed by atoms with Gasteiger partial charge in [-0.3, -0.25) is 9.59 Å². The minimum absolute atomic E-state index is 0.00204. The highest BCUT2D eigenvalue weighted by Gasteiger charge is 2.25. The van der Waals surface area contributed by atoms with E-state index >= 15 is 0 Å². The highest BCUT2D eigenvalue weighted by molar-refractivity contribution is 5.71. The number of likely N-dealkylation sites (N-methyl/N-ethyl adjacent to an activating group) is 1. The van der Waals surface area contributed by atoms with Crippen LogP contribution in [0.5, 0.6) is 0 Å². The normalized spacial score (nSPS) is 14.1. The SMILES string of the molecule is CC/C=C/C=C/C=C/C=C/CCCCCCCC(=O)OC(COCCC(C(=O)[O-])[N+](C)(C)C)COC(=O)C/C=C/C/C=C/C/C=C/CC. The summed E-state index contributed by atoms with van der Waals surface area (Å²) in [6.07, 6.45) is 37.9. The Bertz CT molecular complexity index is 1060. The van der Waals surface area contributed by atoms with E-state index in [1.54, 1.807) is 27.2 Å². The van der Waals surface area contributed by atoms with Crippen molar-refractivity contribution in [2.24, 2.45) is 0 Å². The van der Waals surface area contributed by atoms with Gasteiger partial charge in [0.2, 0.25) is 0 Å². The van der Waals surface area contributed by atoms with Gasteiger partial charge in [-0.15, -0.1) is 0 Å². The van der Waals surface area contributed by atoms with E-state index in [9.17, 15) is 19.5 Å². The second-order valence-corrected chi connectivity index (χ2v) is 12.4. The van der Waals surface area contributed by atoms with Crippen LogP contribution in [0.25, 0.3) is 0 Å². The van der Waals surface area contributed by atoms with E-state index in [0.717, 1.165) is 57.8 Å². The Labute approximate surface area is 291 Å². The third-order valence-electron chi connectivity index (χ3n) is 7.15. The average molecular weight is 670 g/mol. The average Bonchev–Trinajstić information content (AvgIpc) is 3.03. The number of carboxylic acid groups (broad SMARTS) is 1. The minimum Gasteiger partial charge on any atom is -0.544 e. The Balaban J connectivity index is 4.60. The predicted octanol–water partition coefficient (Wildman–Crippen LogP) is 7.29. The molecule has 0 aliphatic heterocycles. The molecule has 0 aliphatic carbocycles. The first kappa shape index (κ1) is 44.5. The number of ether oxygens (including phenoxy) is 3. The van der Waals surface area contributed by atoms with Crippen molar-refractivity contribution in [3.05, 3.63) is 85.1 Å². The number of hydrogen-bond donors (Lipinski definition) is 0. The zero-order valence-corrected chi connectivity index (χ0v) is 30.4. The molecule has 0 N–H and O–H groups in total. The fourth-order valence-electron chi connectivity index (χ4n) is 4.43. The fraction of sp³-hybridized carbons (Fsp3) is 0.575. The molecule has 0 aromatic heterocycles. The Kier molecular flexibility index (Phi) is 28.6. The van der Waals surface area contributed by atoms with Gasteiger partial charge in [0.1, 0.15) is 12.6 Å². The molecule has 0 radical (unpaired) electrons. The quantitative estimate of drug-likeness (QED) is 0.0271. The monoisotopic (exact) mass is 669 g/mol. The van der Waals surface area contributed by atoms with Crippen LogP contribution in [-0.2, 0) is 28.6 Å². The van der Waals surface area contributed by atoms with E-state index in [1.807, 2.05) is 42.5 Å². The van der Waals surface area contributed by atoms with E-state index in [1.165, 1.54) is 0 Å². The molecule has 0 saturated heterocycles. The second kappa shape index (κ2) is 30.8. The first-order chi connectivity index (χ1) is 23.1. The molecular formula is C40H63NO7. The maximum absolute atomic E-state index is 12.6. The van der Waals surface area contributed by atoms with Gasteiger partial charge in [-0.2, -0.15) is 0 Å². The smallest absolute Gasteiger partial charge is 0.309 e. The van der Waals surface area contributed by atoms with Crippen molar-refractivity contribution in [1.29, 1.82) is 0 Å². The molecule has 0 rings (SSSR count). The minimum atomic E-state index is -1.15. The molecule has 0 fully saturated rings. The lowest BCUT2D eigenvalue weighted by molar-refractivity contribution is -0.889. The number of esters is 2. The number of carbonyl (C=O) groups excluding carboxylic acids is 3. The molecule has 0 aliphatic rings. The van der Waals surface area contributed by atoms with Crippen molar-refractivity contribution >= 4 is 17.9 Å². The number of rotatable bonds is 29. The van der Waals surface area contributed by atoms with Crippen molar-refractivity contribution in [1.82, 2.24) is 0 Å². The molecule has 48 heavy (non-hydrogen) atoms. The van der Waals surface area contributed by atoms with Crippen LogP contribution in [-0.4, -0.2) is 75.5 Å². The van der Waals surface area contributed by atoms with Gasteiger partial charge in [-0.1, -0.05) is 118 Å². The lowest BCUT2D eigenvalue weighted by Gasteiger charge is -2.34. The lowest BCUT2D eigenvalue weighted by atomic mass is 10.1. The third-order valence-corrected chi connectivity index (χ3v) is 7.15. The third kappa shape index (κ3) is 28.7. The van der Waals surface area contributed by atoms with Gasteiger partial charge in [-0.25, -0.2) is 0 Å². The summed E-state index contributed by atoms with van der Waals surface area (Å²) >= 11 is 0. The van der Waals surface area contributed by atoms with E-state index < -0.39 is 24.1 Å². The van der Waals surface area contributed by atoms with Crippen LogP contribution in [0.4, 0.5) is 0 Å². The van der Waals surface area contributed by atoms with Gasteiger partial charge in [0.15, 0.2) is 6.10 Å². The molecule has 8 heteroatoms. The highest BCUT2D eigenvalue weighted by Crippen LogP contribution is 2.11. The van der Waals surface area contributed by atoms with Crippen molar-refractivity contribution in [3.63, 3.8) is 0 Å². The topological polar surface area (TPSA) is 102 Å². The number of carbonyl (C=O) groups is 3. The molecule has 0 aromatic rings. The number of allylic oxidation sites excluding steroid dienone is 13. The molecular weight excluding hydrogens is 606 g/mol. The standard InChI is InChI=1S/C40H63NO7/c1-6-8-10-12-14-16-17-18-19-20-21-23-25-27-29-31-39(43)48-36(34-46-33-32-37(40(44)45)41(3,4)5)35-47-38(42)30-28-26-24-22-15-13-11-9-7-2/h8-12,14-19,22,26,28,36-37H,6-7,13,20-21,23-25,27,29-35H2,1-5H3/b10-8+,11-9+,14-12+,17-16+,19-18+,22-15+,28-26+. The van der Waals surface area contributed by atoms with E-state index in [0.29, 0.717) is 6.42 Å². The molecule has 0 saturated carbocycles. The zero-order valence-electron chi connectivity index (χ0n) is 30.4. The first-order valence-corrected chi connectivity index (χ1v) is 17.7. The van der Waals surface area contributed by atoms with Gasteiger partial charge in [0.05, 0.1) is 46.7 Å². The summed E-state index contributed by atoms with van der Waals surface area (Å²) in [5.74, 6) is -1.94. The molecule has 0 amide bonds. The maximum atomic E-state index is 12.6. The lowest BCUT2D eigenvalue weighted by Crippen LogP contribution is -2.55. The summed E-state index contributed by atoms with van der Waals surface area (Å²) in [5.41, 5.74) is 0. The number of quaternary nitrogens is 1. The van der Waals surface area contributed by atoms with E-state index in [-0.39, 0.29) is 49.5 Å². The van der Waals surface area contributed by atoms with Crippen LogP contribution in [0, 0.1) is 0 Å². The van der Waals surface area contributed by atoms with Crippen LogP contribution < -0.4 is 5.11 Å². The number of hydrogen-bond acceptors (Lipinski definition) is 7. The molecule has 0 spiro atoms. The predicted molar refractivity (Wildman–Crippen MR) is 194 cm³/mol. The van der Waals surface area contributed by atoms with Crippen LogP contribution in [0.2, 0.25) is 0 Å². The van der Waals surface area contributed by atoms with Gasteiger partial charge in [0.25, 0.3) is 0 Å². The second-order valence-electron chi connectivity index (χ2n) is 12.4. The summed E-state index contributed by atoms with van der Waals surface area (Å²) in [6.45, 7) is 4.21. The maximum Gasteiger partial charge on any atom is 0.309 e. The van der Waals surface area contributed by atoms with Gasteiger partial charge in [0, 0.05) is 12.8 Å². The number of unbranched alkanes of at least 4 members (excludes halogenated alkanes) is 5. The van der Waals surface area contributed by atoms with E-state index in [2.05, 4.69) is 50.3 Å². The molecule has 2 unspecified atom stereocenters. The summed E-state index contributed by atoms with van der Waals surface area (Å²) < 4.78 is 16.9. The summed E-state index contributed by atoms with van der Waals surface area (Å²) in [5, 5.41) is 11.5. The summed E-state index contributed by atoms with van der Waals surface area (Å²) in [6, 6.07) is -0.744. The zero-order chi connectivity index (χ0) is 35.7.